The minimum Gasteiger partial charge on any atom is -0.366 e. The summed E-state index contributed by atoms with van der Waals surface area (Å²) in [6.45, 7) is 1.06. The van der Waals surface area contributed by atoms with Crippen molar-refractivity contribution in [2.45, 2.75) is 32.1 Å². The van der Waals surface area contributed by atoms with E-state index >= 15 is 0 Å². The largest absolute Gasteiger partial charge is 0.366 e. The fraction of sp³-hybridized carbons (Fsp3) is 0.412. The summed E-state index contributed by atoms with van der Waals surface area (Å²) in [5.74, 6) is -0.630. The molecular formula is C17H23N3O2. The van der Waals surface area contributed by atoms with Crippen molar-refractivity contribution in [1.82, 2.24) is 5.32 Å². The molecular weight excluding hydrogens is 278 g/mol. The van der Waals surface area contributed by atoms with Gasteiger partial charge in [0.05, 0.1) is 6.54 Å². The molecule has 0 aromatic heterocycles. The highest BCUT2D eigenvalue weighted by Crippen LogP contribution is 2.19. The van der Waals surface area contributed by atoms with Crippen LogP contribution in [0.5, 0.6) is 0 Å². The molecule has 0 fully saturated rings. The Morgan fingerprint density at radius 2 is 2.09 bits per heavy atom. The summed E-state index contributed by atoms with van der Waals surface area (Å²) < 4.78 is 0. The van der Waals surface area contributed by atoms with E-state index in [-0.39, 0.29) is 12.5 Å². The van der Waals surface area contributed by atoms with Gasteiger partial charge in [0.15, 0.2) is 0 Å². The van der Waals surface area contributed by atoms with Gasteiger partial charge in [-0.25, -0.2) is 0 Å². The fourth-order valence-electron chi connectivity index (χ4n) is 2.54. The Hall–Kier alpha value is -2.14. The van der Waals surface area contributed by atoms with Gasteiger partial charge in [-0.15, -0.1) is 0 Å². The minimum absolute atomic E-state index is 0.126. The standard InChI is InChI=1S/C17H23N3O2/c18-17(22)14-7-4-8-15(11-14)20-16(21)12-19-10-9-13-5-2-1-3-6-13/h4-5,7-8,11,19H,1-3,6,9-10,12H2,(H2,18,22)(H,20,21). The average molecular weight is 301 g/mol. The number of rotatable bonds is 7. The lowest BCUT2D eigenvalue weighted by Gasteiger charge is -2.13. The summed E-state index contributed by atoms with van der Waals surface area (Å²) >= 11 is 0. The third-order valence-electron chi connectivity index (χ3n) is 3.72. The maximum Gasteiger partial charge on any atom is 0.248 e. The maximum atomic E-state index is 11.8. The number of nitrogens with two attached hydrogens (primary N) is 1. The summed E-state index contributed by atoms with van der Waals surface area (Å²) in [5.41, 5.74) is 7.67. The van der Waals surface area contributed by atoms with E-state index in [1.807, 2.05) is 0 Å². The van der Waals surface area contributed by atoms with Crippen LogP contribution in [0.15, 0.2) is 35.9 Å². The van der Waals surface area contributed by atoms with Gasteiger partial charge in [0.1, 0.15) is 0 Å². The van der Waals surface area contributed by atoms with Crippen molar-refractivity contribution in [1.29, 1.82) is 0 Å². The topological polar surface area (TPSA) is 84.2 Å². The average Bonchev–Trinajstić information content (AvgIpc) is 2.53. The van der Waals surface area contributed by atoms with Gasteiger partial charge in [-0.3, -0.25) is 9.59 Å². The van der Waals surface area contributed by atoms with Gasteiger partial charge in [-0.1, -0.05) is 17.7 Å². The number of primary amides is 1. The first-order valence-corrected chi connectivity index (χ1v) is 7.73. The molecule has 0 radical (unpaired) electrons. The van der Waals surface area contributed by atoms with Crippen LogP contribution in [0.2, 0.25) is 0 Å². The molecule has 0 aliphatic heterocycles. The van der Waals surface area contributed by atoms with Crippen molar-refractivity contribution in [3.8, 4) is 0 Å². The fourth-order valence-corrected chi connectivity index (χ4v) is 2.54. The van der Waals surface area contributed by atoms with E-state index in [0.717, 1.165) is 13.0 Å². The number of carbonyl (C=O) groups is 2. The summed E-state index contributed by atoms with van der Waals surface area (Å²) in [7, 11) is 0. The van der Waals surface area contributed by atoms with E-state index in [1.54, 1.807) is 24.3 Å². The van der Waals surface area contributed by atoms with Crippen LogP contribution in [0.4, 0.5) is 5.69 Å². The molecule has 118 valence electrons. The van der Waals surface area contributed by atoms with Gasteiger partial charge in [-0.05, 0) is 56.8 Å². The molecule has 5 heteroatoms. The zero-order chi connectivity index (χ0) is 15.8. The van der Waals surface area contributed by atoms with Crippen LogP contribution in [0.3, 0.4) is 0 Å². The molecule has 1 aliphatic rings. The van der Waals surface area contributed by atoms with Crippen LogP contribution in [0, 0.1) is 0 Å². The zero-order valence-electron chi connectivity index (χ0n) is 12.7. The molecule has 0 bridgehead atoms. The third kappa shape index (κ3) is 5.33. The van der Waals surface area contributed by atoms with Gasteiger partial charge < -0.3 is 16.4 Å². The third-order valence-corrected chi connectivity index (χ3v) is 3.72. The smallest absolute Gasteiger partial charge is 0.248 e. The Morgan fingerprint density at radius 3 is 2.82 bits per heavy atom. The number of benzene rings is 1. The summed E-state index contributed by atoms with van der Waals surface area (Å²) in [4.78, 5) is 22.9. The van der Waals surface area contributed by atoms with Gasteiger partial charge in [0, 0.05) is 11.3 Å². The van der Waals surface area contributed by atoms with Crippen molar-refractivity contribution in [2.24, 2.45) is 5.73 Å². The lowest BCUT2D eigenvalue weighted by molar-refractivity contribution is -0.115. The number of anilines is 1. The van der Waals surface area contributed by atoms with E-state index in [9.17, 15) is 9.59 Å². The van der Waals surface area contributed by atoms with E-state index in [1.165, 1.54) is 31.3 Å². The van der Waals surface area contributed by atoms with Crippen molar-refractivity contribution in [3.63, 3.8) is 0 Å². The van der Waals surface area contributed by atoms with Crippen molar-refractivity contribution >= 4 is 17.5 Å². The number of hydrogen-bond donors (Lipinski definition) is 3. The summed E-state index contributed by atoms with van der Waals surface area (Å²) in [6.07, 6.45) is 8.27. The molecule has 0 saturated carbocycles. The van der Waals surface area contributed by atoms with Crippen molar-refractivity contribution in [3.05, 3.63) is 41.5 Å². The van der Waals surface area contributed by atoms with Gasteiger partial charge in [-0.2, -0.15) is 0 Å². The molecule has 0 heterocycles. The molecule has 2 amide bonds. The zero-order valence-corrected chi connectivity index (χ0v) is 12.7. The monoisotopic (exact) mass is 301 g/mol. The van der Waals surface area contributed by atoms with Crippen molar-refractivity contribution in [2.75, 3.05) is 18.4 Å². The molecule has 0 unspecified atom stereocenters. The molecule has 0 atom stereocenters. The molecule has 0 saturated heterocycles. The molecule has 0 spiro atoms. The normalized spacial score (nSPS) is 14.3. The minimum atomic E-state index is -0.505. The molecule has 5 nitrogen and oxygen atoms in total. The predicted molar refractivity (Wildman–Crippen MR) is 87.6 cm³/mol. The van der Waals surface area contributed by atoms with E-state index < -0.39 is 5.91 Å². The first kappa shape index (κ1) is 16.2. The number of carbonyl (C=O) groups excluding carboxylic acids is 2. The number of amides is 2. The predicted octanol–water partition coefficient (Wildman–Crippen LogP) is 2.20. The Bertz CT molecular complexity index is 567. The first-order chi connectivity index (χ1) is 10.6. The van der Waals surface area contributed by atoms with Crippen LogP contribution in [0.1, 0.15) is 42.5 Å². The number of hydrogen-bond acceptors (Lipinski definition) is 3. The van der Waals surface area contributed by atoms with Crippen molar-refractivity contribution < 1.29 is 9.59 Å². The molecule has 2 rings (SSSR count). The molecule has 1 aromatic rings. The van der Waals surface area contributed by atoms with Gasteiger partial charge >= 0.3 is 0 Å². The van der Waals surface area contributed by atoms with Crippen LogP contribution in [-0.4, -0.2) is 24.9 Å². The second-order valence-electron chi connectivity index (χ2n) is 5.53. The second-order valence-corrected chi connectivity index (χ2v) is 5.53. The Labute approximate surface area is 131 Å². The number of nitrogens with one attached hydrogen (secondary N) is 2. The van der Waals surface area contributed by atoms with Gasteiger partial charge in [0.25, 0.3) is 0 Å². The Kier molecular flexibility index (Phi) is 6.15. The van der Waals surface area contributed by atoms with Crippen LogP contribution in [-0.2, 0) is 4.79 Å². The van der Waals surface area contributed by atoms with E-state index in [2.05, 4.69) is 16.7 Å². The molecule has 4 N–H and O–H groups in total. The Balaban J connectivity index is 1.70. The SMILES string of the molecule is NC(=O)c1cccc(NC(=O)CNCCC2=CCCCC2)c1. The number of allylic oxidation sites excluding steroid dienone is 1. The summed E-state index contributed by atoms with van der Waals surface area (Å²) in [6, 6.07) is 6.62. The van der Waals surface area contributed by atoms with E-state index in [0.29, 0.717) is 11.3 Å². The highest BCUT2D eigenvalue weighted by molar-refractivity contribution is 5.96. The lowest BCUT2D eigenvalue weighted by atomic mass is 9.97. The lowest BCUT2D eigenvalue weighted by Crippen LogP contribution is -2.29. The highest BCUT2D eigenvalue weighted by Gasteiger charge is 2.06. The molecule has 1 aromatic carbocycles. The maximum absolute atomic E-state index is 11.8. The second kappa shape index (κ2) is 8.34. The quantitative estimate of drug-likeness (QED) is 0.533. The Morgan fingerprint density at radius 1 is 1.23 bits per heavy atom. The molecule has 22 heavy (non-hydrogen) atoms. The van der Waals surface area contributed by atoms with Crippen LogP contribution < -0.4 is 16.4 Å². The summed E-state index contributed by atoms with van der Waals surface area (Å²) in [5, 5.41) is 5.90. The first-order valence-electron chi connectivity index (χ1n) is 7.73. The van der Waals surface area contributed by atoms with E-state index in [4.69, 9.17) is 5.73 Å². The molecule has 1 aliphatic carbocycles. The van der Waals surface area contributed by atoms with Crippen LogP contribution >= 0.6 is 0 Å². The van der Waals surface area contributed by atoms with Crippen LogP contribution in [0.25, 0.3) is 0 Å². The highest BCUT2D eigenvalue weighted by atomic mass is 16.2. The van der Waals surface area contributed by atoms with Gasteiger partial charge in [0.2, 0.25) is 11.8 Å².